The third-order valence-electron chi connectivity index (χ3n) is 2.45. The molecule has 0 aliphatic heterocycles. The SMILES string of the molecule is COCCCN(C)C(=O)c1ccnc(NN)c1F. The fraction of sp³-hybridized carbons (Fsp3) is 0.455. The highest BCUT2D eigenvalue weighted by Gasteiger charge is 2.18. The summed E-state index contributed by atoms with van der Waals surface area (Å²) in [4.78, 5) is 17.1. The number of nitrogen functional groups attached to an aromatic ring is 1. The Hall–Kier alpha value is -1.73. The number of pyridine rings is 1. The molecule has 1 heterocycles. The van der Waals surface area contributed by atoms with Crippen molar-refractivity contribution in [2.75, 3.05) is 32.7 Å². The van der Waals surface area contributed by atoms with E-state index in [0.717, 1.165) is 0 Å². The maximum Gasteiger partial charge on any atom is 0.256 e. The zero-order chi connectivity index (χ0) is 13.5. The standard InChI is InChI=1S/C11H17FN4O2/c1-16(6-3-7-18-2)11(17)8-4-5-14-10(15-13)9(8)12/h4-5H,3,6-7,13H2,1-2H3,(H,14,15). The lowest BCUT2D eigenvalue weighted by molar-refractivity contribution is 0.0774. The zero-order valence-electron chi connectivity index (χ0n) is 10.4. The van der Waals surface area contributed by atoms with Gasteiger partial charge in [0.15, 0.2) is 11.6 Å². The molecule has 18 heavy (non-hydrogen) atoms. The van der Waals surface area contributed by atoms with Gasteiger partial charge in [-0.2, -0.15) is 0 Å². The van der Waals surface area contributed by atoms with E-state index < -0.39 is 11.7 Å². The molecule has 0 aliphatic rings. The molecule has 0 aromatic carbocycles. The molecular formula is C11H17FN4O2. The molecule has 1 aromatic heterocycles. The van der Waals surface area contributed by atoms with Gasteiger partial charge in [0.25, 0.3) is 5.91 Å². The van der Waals surface area contributed by atoms with Gasteiger partial charge >= 0.3 is 0 Å². The molecule has 0 atom stereocenters. The number of rotatable bonds is 6. The van der Waals surface area contributed by atoms with Crippen molar-refractivity contribution < 1.29 is 13.9 Å². The Bertz CT molecular complexity index is 414. The normalized spacial score (nSPS) is 10.2. The first-order valence-corrected chi connectivity index (χ1v) is 5.47. The molecule has 0 radical (unpaired) electrons. The van der Waals surface area contributed by atoms with Crippen LogP contribution in [0.1, 0.15) is 16.8 Å². The number of ether oxygens (including phenoxy) is 1. The van der Waals surface area contributed by atoms with Crippen LogP contribution in [0.4, 0.5) is 10.2 Å². The lowest BCUT2D eigenvalue weighted by Gasteiger charge is -2.17. The van der Waals surface area contributed by atoms with Crippen LogP contribution in [0, 0.1) is 5.82 Å². The van der Waals surface area contributed by atoms with E-state index in [4.69, 9.17) is 10.6 Å². The lowest BCUT2D eigenvalue weighted by Crippen LogP contribution is -2.29. The number of carbonyl (C=O) groups is 1. The highest BCUT2D eigenvalue weighted by atomic mass is 19.1. The van der Waals surface area contributed by atoms with Crippen molar-refractivity contribution in [3.63, 3.8) is 0 Å². The number of amides is 1. The van der Waals surface area contributed by atoms with Crippen LogP contribution < -0.4 is 11.3 Å². The van der Waals surface area contributed by atoms with E-state index in [1.165, 1.54) is 17.2 Å². The molecule has 0 unspecified atom stereocenters. The molecule has 1 aromatic rings. The Kier molecular flexibility index (Phi) is 5.47. The number of methoxy groups -OCH3 is 1. The summed E-state index contributed by atoms with van der Waals surface area (Å²) >= 11 is 0. The van der Waals surface area contributed by atoms with Crippen LogP contribution in [0.25, 0.3) is 0 Å². The topological polar surface area (TPSA) is 80.5 Å². The number of hydrogen-bond donors (Lipinski definition) is 2. The molecule has 1 amide bonds. The summed E-state index contributed by atoms with van der Waals surface area (Å²) in [5.74, 6) is 3.79. The van der Waals surface area contributed by atoms with Crippen molar-refractivity contribution in [2.45, 2.75) is 6.42 Å². The Morgan fingerprint density at radius 2 is 2.39 bits per heavy atom. The quantitative estimate of drug-likeness (QED) is 0.443. The van der Waals surface area contributed by atoms with E-state index in [2.05, 4.69) is 10.4 Å². The Morgan fingerprint density at radius 1 is 1.67 bits per heavy atom. The van der Waals surface area contributed by atoms with Crippen molar-refractivity contribution in [3.8, 4) is 0 Å². The number of nitrogens with two attached hydrogens (primary N) is 1. The van der Waals surface area contributed by atoms with Crippen molar-refractivity contribution in [2.24, 2.45) is 5.84 Å². The monoisotopic (exact) mass is 256 g/mol. The fourth-order valence-corrected chi connectivity index (χ4v) is 1.46. The number of aromatic nitrogens is 1. The molecular weight excluding hydrogens is 239 g/mol. The van der Waals surface area contributed by atoms with Gasteiger partial charge in [0.05, 0.1) is 5.56 Å². The molecule has 7 heteroatoms. The lowest BCUT2D eigenvalue weighted by atomic mass is 10.2. The van der Waals surface area contributed by atoms with Crippen molar-refractivity contribution in [1.29, 1.82) is 0 Å². The van der Waals surface area contributed by atoms with Crippen LogP contribution in [0.15, 0.2) is 12.3 Å². The number of anilines is 1. The van der Waals surface area contributed by atoms with E-state index in [9.17, 15) is 9.18 Å². The summed E-state index contributed by atoms with van der Waals surface area (Å²) in [6, 6.07) is 1.32. The predicted octanol–water partition coefficient (Wildman–Crippen LogP) is 0.615. The second-order valence-corrected chi connectivity index (χ2v) is 3.74. The summed E-state index contributed by atoms with van der Waals surface area (Å²) in [7, 11) is 3.19. The first kappa shape index (κ1) is 14.3. The number of halogens is 1. The van der Waals surface area contributed by atoms with E-state index in [1.807, 2.05) is 0 Å². The zero-order valence-corrected chi connectivity index (χ0v) is 10.4. The number of hydrazine groups is 1. The van der Waals surface area contributed by atoms with Crippen LogP contribution >= 0.6 is 0 Å². The first-order valence-electron chi connectivity index (χ1n) is 5.47. The smallest absolute Gasteiger partial charge is 0.256 e. The largest absolute Gasteiger partial charge is 0.385 e. The molecule has 6 nitrogen and oxygen atoms in total. The summed E-state index contributed by atoms with van der Waals surface area (Å²) in [5.41, 5.74) is 2.05. The van der Waals surface area contributed by atoms with Crippen LogP contribution in [-0.2, 0) is 4.74 Å². The van der Waals surface area contributed by atoms with E-state index in [0.29, 0.717) is 19.6 Å². The molecule has 100 valence electrons. The molecule has 0 bridgehead atoms. The summed E-state index contributed by atoms with van der Waals surface area (Å²) in [5, 5.41) is 0. The number of carbonyl (C=O) groups excluding carboxylic acids is 1. The molecule has 0 saturated carbocycles. The average Bonchev–Trinajstić information content (AvgIpc) is 2.38. The second kappa shape index (κ2) is 6.87. The molecule has 0 aliphatic carbocycles. The molecule has 1 rings (SSSR count). The number of nitrogens with zero attached hydrogens (tertiary/aromatic N) is 2. The molecule has 0 fully saturated rings. The maximum atomic E-state index is 13.8. The summed E-state index contributed by atoms with van der Waals surface area (Å²) < 4.78 is 18.7. The first-order chi connectivity index (χ1) is 8.61. The highest BCUT2D eigenvalue weighted by molar-refractivity contribution is 5.95. The van der Waals surface area contributed by atoms with Gasteiger partial charge in [-0.05, 0) is 12.5 Å². The Morgan fingerprint density at radius 3 is 3.00 bits per heavy atom. The average molecular weight is 256 g/mol. The summed E-state index contributed by atoms with van der Waals surface area (Å²) in [6.07, 6.45) is 2.02. The van der Waals surface area contributed by atoms with Gasteiger partial charge in [0.1, 0.15) is 0 Å². The van der Waals surface area contributed by atoms with Gasteiger partial charge in [0.2, 0.25) is 0 Å². The van der Waals surface area contributed by atoms with E-state index >= 15 is 0 Å². The number of hydrogen-bond acceptors (Lipinski definition) is 5. The predicted molar refractivity (Wildman–Crippen MR) is 65.5 cm³/mol. The third-order valence-corrected chi connectivity index (χ3v) is 2.45. The van der Waals surface area contributed by atoms with Gasteiger partial charge in [0, 0.05) is 33.5 Å². The van der Waals surface area contributed by atoms with Gasteiger partial charge < -0.3 is 15.1 Å². The van der Waals surface area contributed by atoms with E-state index in [1.54, 1.807) is 14.2 Å². The van der Waals surface area contributed by atoms with Gasteiger partial charge in [-0.1, -0.05) is 0 Å². The minimum absolute atomic E-state index is 0.0575. The molecule has 3 N–H and O–H groups in total. The second-order valence-electron chi connectivity index (χ2n) is 3.74. The van der Waals surface area contributed by atoms with Crippen LogP contribution in [0.5, 0.6) is 0 Å². The minimum Gasteiger partial charge on any atom is -0.385 e. The number of nitrogens with one attached hydrogen (secondary N) is 1. The van der Waals surface area contributed by atoms with Crippen molar-refractivity contribution >= 4 is 11.7 Å². The Labute approximate surface area is 105 Å². The summed E-state index contributed by atoms with van der Waals surface area (Å²) in [6.45, 7) is 1.03. The molecule has 0 spiro atoms. The minimum atomic E-state index is -0.747. The van der Waals surface area contributed by atoms with Crippen LogP contribution in [0.3, 0.4) is 0 Å². The Balaban J connectivity index is 2.77. The highest BCUT2D eigenvalue weighted by Crippen LogP contribution is 2.15. The van der Waals surface area contributed by atoms with Crippen molar-refractivity contribution in [1.82, 2.24) is 9.88 Å². The van der Waals surface area contributed by atoms with Crippen LogP contribution in [-0.4, -0.2) is 43.1 Å². The van der Waals surface area contributed by atoms with Crippen molar-refractivity contribution in [3.05, 3.63) is 23.6 Å². The fourth-order valence-electron chi connectivity index (χ4n) is 1.46. The third kappa shape index (κ3) is 3.38. The molecule has 0 saturated heterocycles. The van der Waals surface area contributed by atoms with Gasteiger partial charge in [-0.25, -0.2) is 15.2 Å². The van der Waals surface area contributed by atoms with Gasteiger partial charge in [-0.3, -0.25) is 4.79 Å². The maximum absolute atomic E-state index is 13.8. The van der Waals surface area contributed by atoms with Crippen LogP contribution in [0.2, 0.25) is 0 Å². The van der Waals surface area contributed by atoms with Gasteiger partial charge in [-0.15, -0.1) is 0 Å². The van der Waals surface area contributed by atoms with E-state index in [-0.39, 0.29) is 11.4 Å².